The van der Waals surface area contributed by atoms with E-state index in [0.717, 1.165) is 31.9 Å². The van der Waals surface area contributed by atoms with Gasteiger partial charge in [0.2, 0.25) is 0 Å². The first-order chi connectivity index (χ1) is 10.1. The van der Waals surface area contributed by atoms with Gasteiger partial charge in [-0.25, -0.2) is 9.97 Å². The lowest BCUT2D eigenvalue weighted by Crippen LogP contribution is -2.31. The van der Waals surface area contributed by atoms with Crippen LogP contribution in [0.4, 0.5) is 0 Å². The maximum absolute atomic E-state index is 4.77. The highest BCUT2D eigenvalue weighted by Crippen LogP contribution is 2.20. The van der Waals surface area contributed by atoms with Gasteiger partial charge < -0.3 is 0 Å². The molecule has 2 heterocycles. The molecule has 0 saturated heterocycles. The van der Waals surface area contributed by atoms with Crippen LogP contribution < -0.4 is 0 Å². The van der Waals surface area contributed by atoms with Gasteiger partial charge >= 0.3 is 0 Å². The van der Waals surface area contributed by atoms with Crippen molar-refractivity contribution in [3.63, 3.8) is 0 Å². The summed E-state index contributed by atoms with van der Waals surface area (Å²) in [4.78, 5) is 11.7. The Bertz CT molecular complexity index is 617. The molecule has 21 heavy (non-hydrogen) atoms. The molecule has 110 valence electrons. The van der Waals surface area contributed by atoms with Gasteiger partial charge in [0, 0.05) is 31.7 Å². The van der Waals surface area contributed by atoms with E-state index in [1.54, 1.807) is 0 Å². The topological polar surface area (TPSA) is 29.0 Å². The molecule has 1 aromatic carbocycles. The Labute approximate surface area is 127 Å². The minimum absolute atomic E-state index is 0.391. The number of benzene rings is 1. The average Bonchev–Trinajstić information content (AvgIpc) is 2.49. The Morgan fingerprint density at radius 3 is 2.67 bits per heavy atom. The number of aryl methyl sites for hydroxylation is 1. The molecular formula is C18H23N3. The molecule has 0 radical (unpaired) electrons. The van der Waals surface area contributed by atoms with Crippen LogP contribution in [0, 0.1) is 6.92 Å². The molecule has 1 aromatic heterocycles. The van der Waals surface area contributed by atoms with Crippen molar-refractivity contribution in [2.24, 2.45) is 0 Å². The third-order valence-corrected chi connectivity index (χ3v) is 4.09. The van der Waals surface area contributed by atoms with Crippen LogP contribution in [0.25, 0.3) is 0 Å². The maximum atomic E-state index is 4.77. The third kappa shape index (κ3) is 3.30. The van der Waals surface area contributed by atoms with E-state index in [1.165, 1.54) is 22.4 Å². The van der Waals surface area contributed by atoms with Crippen molar-refractivity contribution in [1.82, 2.24) is 14.9 Å². The highest BCUT2D eigenvalue weighted by Gasteiger charge is 2.19. The number of hydrogen-bond donors (Lipinski definition) is 0. The molecule has 1 aliphatic heterocycles. The molecule has 0 N–H and O–H groups in total. The second kappa shape index (κ2) is 5.94. The largest absolute Gasteiger partial charge is 0.293 e. The molecular weight excluding hydrogens is 258 g/mol. The van der Waals surface area contributed by atoms with Crippen molar-refractivity contribution in [2.75, 3.05) is 6.54 Å². The molecule has 2 aromatic rings. The summed E-state index contributed by atoms with van der Waals surface area (Å²) in [5, 5.41) is 0. The molecule has 0 unspecified atom stereocenters. The molecule has 0 aliphatic carbocycles. The Balaban J connectivity index is 1.74. The van der Waals surface area contributed by atoms with Gasteiger partial charge in [-0.2, -0.15) is 0 Å². The van der Waals surface area contributed by atoms with Crippen molar-refractivity contribution in [2.45, 2.75) is 46.2 Å². The quantitative estimate of drug-likeness (QED) is 0.862. The van der Waals surface area contributed by atoms with Crippen molar-refractivity contribution < 1.29 is 0 Å². The number of fused-ring (bicyclic) bond motifs is 1. The number of hydrogen-bond acceptors (Lipinski definition) is 3. The fourth-order valence-electron chi connectivity index (χ4n) is 2.74. The Kier molecular flexibility index (Phi) is 4.02. The molecule has 0 bridgehead atoms. The summed E-state index contributed by atoms with van der Waals surface area (Å²) >= 11 is 0. The fourth-order valence-corrected chi connectivity index (χ4v) is 2.74. The highest BCUT2D eigenvalue weighted by molar-refractivity contribution is 5.24. The van der Waals surface area contributed by atoms with Crippen LogP contribution in [-0.2, 0) is 19.5 Å². The Hall–Kier alpha value is -1.74. The van der Waals surface area contributed by atoms with E-state index in [4.69, 9.17) is 4.98 Å². The Morgan fingerprint density at radius 2 is 1.95 bits per heavy atom. The lowest BCUT2D eigenvalue weighted by Gasteiger charge is -2.28. The second-order valence-corrected chi connectivity index (χ2v) is 6.30. The van der Waals surface area contributed by atoms with Gasteiger partial charge in [0.05, 0.1) is 5.69 Å². The minimum Gasteiger partial charge on any atom is -0.293 e. The van der Waals surface area contributed by atoms with Gasteiger partial charge in [0.25, 0.3) is 0 Å². The van der Waals surface area contributed by atoms with Crippen LogP contribution in [0.15, 0.2) is 30.5 Å². The Morgan fingerprint density at radius 1 is 1.19 bits per heavy atom. The summed E-state index contributed by atoms with van der Waals surface area (Å²) in [5.41, 5.74) is 5.23. The van der Waals surface area contributed by atoms with Crippen LogP contribution in [0.1, 0.15) is 48.0 Å². The number of rotatable bonds is 3. The lowest BCUT2D eigenvalue weighted by atomic mass is 10.0. The molecule has 3 heteroatoms. The van der Waals surface area contributed by atoms with Gasteiger partial charge in [-0.3, -0.25) is 4.90 Å². The first-order valence-corrected chi connectivity index (χ1v) is 7.74. The first-order valence-electron chi connectivity index (χ1n) is 7.74. The summed E-state index contributed by atoms with van der Waals surface area (Å²) in [6.45, 7) is 9.45. The van der Waals surface area contributed by atoms with Crippen molar-refractivity contribution in [1.29, 1.82) is 0 Å². The predicted octanol–water partition coefficient (Wildman–Crippen LogP) is 3.47. The monoisotopic (exact) mass is 281 g/mol. The van der Waals surface area contributed by atoms with Crippen LogP contribution in [-0.4, -0.2) is 21.4 Å². The summed E-state index contributed by atoms with van der Waals surface area (Å²) in [5.74, 6) is 1.36. The van der Waals surface area contributed by atoms with Crippen molar-refractivity contribution in [3.05, 3.63) is 58.7 Å². The average molecular weight is 281 g/mol. The normalized spacial score (nSPS) is 15.2. The van der Waals surface area contributed by atoms with Crippen LogP contribution in [0.5, 0.6) is 0 Å². The van der Waals surface area contributed by atoms with Crippen molar-refractivity contribution >= 4 is 0 Å². The minimum atomic E-state index is 0.391. The summed E-state index contributed by atoms with van der Waals surface area (Å²) in [6, 6.07) is 8.83. The molecule has 0 saturated carbocycles. The van der Waals surface area contributed by atoms with Gasteiger partial charge in [0.15, 0.2) is 0 Å². The molecule has 0 fully saturated rings. The SMILES string of the molecule is Cc1ccc(CN2CCc3cnc(C(C)C)nc3C2)cc1. The zero-order valence-corrected chi connectivity index (χ0v) is 13.1. The standard InChI is InChI=1S/C18H23N3/c1-13(2)18-19-10-16-8-9-21(12-17(16)20-18)11-15-6-4-14(3)5-7-15/h4-7,10,13H,8-9,11-12H2,1-3H3. The van der Waals surface area contributed by atoms with E-state index in [9.17, 15) is 0 Å². The molecule has 0 amide bonds. The van der Waals surface area contributed by atoms with E-state index in [2.05, 4.69) is 54.9 Å². The zero-order chi connectivity index (χ0) is 14.8. The lowest BCUT2D eigenvalue weighted by molar-refractivity contribution is 0.240. The van der Waals surface area contributed by atoms with E-state index >= 15 is 0 Å². The van der Waals surface area contributed by atoms with Gasteiger partial charge in [0.1, 0.15) is 5.82 Å². The molecule has 3 rings (SSSR count). The van der Waals surface area contributed by atoms with Crippen LogP contribution in [0.2, 0.25) is 0 Å². The molecule has 0 spiro atoms. The van der Waals surface area contributed by atoms with Gasteiger partial charge in [-0.15, -0.1) is 0 Å². The van der Waals surface area contributed by atoms with Gasteiger partial charge in [-0.05, 0) is 24.5 Å². The second-order valence-electron chi connectivity index (χ2n) is 6.30. The van der Waals surface area contributed by atoms with Crippen molar-refractivity contribution in [3.8, 4) is 0 Å². The number of nitrogens with zero attached hydrogens (tertiary/aromatic N) is 3. The number of aromatic nitrogens is 2. The molecule has 0 atom stereocenters. The van der Waals surface area contributed by atoms with E-state index in [0.29, 0.717) is 5.92 Å². The highest BCUT2D eigenvalue weighted by atomic mass is 15.1. The van der Waals surface area contributed by atoms with Crippen LogP contribution >= 0.6 is 0 Å². The van der Waals surface area contributed by atoms with E-state index in [1.807, 2.05) is 6.20 Å². The zero-order valence-electron chi connectivity index (χ0n) is 13.1. The van der Waals surface area contributed by atoms with Gasteiger partial charge in [-0.1, -0.05) is 43.7 Å². The smallest absolute Gasteiger partial charge is 0.131 e. The summed E-state index contributed by atoms with van der Waals surface area (Å²) in [6.07, 6.45) is 3.08. The summed E-state index contributed by atoms with van der Waals surface area (Å²) < 4.78 is 0. The first kappa shape index (κ1) is 14.2. The van der Waals surface area contributed by atoms with Crippen LogP contribution in [0.3, 0.4) is 0 Å². The molecule has 1 aliphatic rings. The molecule has 3 nitrogen and oxygen atoms in total. The maximum Gasteiger partial charge on any atom is 0.131 e. The summed E-state index contributed by atoms with van der Waals surface area (Å²) in [7, 11) is 0. The van der Waals surface area contributed by atoms with E-state index in [-0.39, 0.29) is 0 Å². The predicted molar refractivity (Wildman–Crippen MR) is 85.1 cm³/mol. The fraction of sp³-hybridized carbons (Fsp3) is 0.444. The van der Waals surface area contributed by atoms with E-state index < -0.39 is 0 Å². The third-order valence-electron chi connectivity index (χ3n) is 4.09.